The molecule has 1 aromatic rings. The Kier molecular flexibility index (Phi) is 5.05. The molecule has 1 unspecified atom stereocenters. The standard InChI is InChI=1S/C11H13F3N2O4S/c1-21(18,19)8-4-2-7(3-5-8)20-6-9(10(15)16-17)11(12,13)14/h2-5,9,17H,6H2,1H3,(H2,15,16). The van der Waals surface area contributed by atoms with Crippen molar-refractivity contribution in [3.05, 3.63) is 24.3 Å². The van der Waals surface area contributed by atoms with Crippen molar-refractivity contribution >= 4 is 15.7 Å². The molecule has 1 aromatic carbocycles. The second kappa shape index (κ2) is 6.20. The number of hydrogen-bond acceptors (Lipinski definition) is 5. The first-order chi connectivity index (χ1) is 9.55. The highest BCUT2D eigenvalue weighted by Gasteiger charge is 2.43. The largest absolute Gasteiger partial charge is 0.492 e. The van der Waals surface area contributed by atoms with Gasteiger partial charge in [0.05, 0.1) is 4.90 Å². The van der Waals surface area contributed by atoms with Gasteiger partial charge in [0, 0.05) is 6.26 Å². The van der Waals surface area contributed by atoms with Crippen LogP contribution in [0.2, 0.25) is 0 Å². The van der Waals surface area contributed by atoms with Crippen LogP contribution in [0.25, 0.3) is 0 Å². The van der Waals surface area contributed by atoms with E-state index in [-0.39, 0.29) is 10.6 Å². The minimum Gasteiger partial charge on any atom is -0.492 e. The number of rotatable bonds is 5. The quantitative estimate of drug-likeness (QED) is 0.368. The van der Waals surface area contributed by atoms with Crippen molar-refractivity contribution in [2.45, 2.75) is 11.1 Å². The lowest BCUT2D eigenvalue weighted by Gasteiger charge is -2.19. The van der Waals surface area contributed by atoms with E-state index < -0.39 is 34.4 Å². The van der Waals surface area contributed by atoms with Crippen molar-refractivity contribution < 1.29 is 31.5 Å². The number of alkyl halides is 3. The van der Waals surface area contributed by atoms with Gasteiger partial charge in [-0.3, -0.25) is 0 Å². The zero-order valence-corrected chi connectivity index (χ0v) is 11.6. The van der Waals surface area contributed by atoms with Crippen molar-refractivity contribution in [2.75, 3.05) is 12.9 Å². The fourth-order valence-electron chi connectivity index (χ4n) is 1.38. The topological polar surface area (TPSA) is 102 Å². The summed E-state index contributed by atoms with van der Waals surface area (Å²) in [5.41, 5.74) is 4.97. The first kappa shape index (κ1) is 17.1. The minimum absolute atomic E-state index is 0.0126. The molecule has 1 rings (SSSR count). The lowest BCUT2D eigenvalue weighted by atomic mass is 10.1. The zero-order chi connectivity index (χ0) is 16.3. The maximum absolute atomic E-state index is 12.6. The summed E-state index contributed by atoms with van der Waals surface area (Å²) in [6, 6.07) is 4.85. The summed E-state index contributed by atoms with van der Waals surface area (Å²) in [5.74, 6) is -3.25. The third-order valence-electron chi connectivity index (χ3n) is 2.54. The van der Waals surface area contributed by atoms with E-state index in [0.29, 0.717) is 0 Å². The van der Waals surface area contributed by atoms with E-state index in [1.807, 2.05) is 0 Å². The van der Waals surface area contributed by atoms with Crippen LogP contribution < -0.4 is 10.5 Å². The average Bonchev–Trinajstić information content (AvgIpc) is 2.36. The monoisotopic (exact) mass is 326 g/mol. The third kappa shape index (κ3) is 4.81. The Labute approximate surface area is 118 Å². The van der Waals surface area contributed by atoms with Crippen LogP contribution in [0.15, 0.2) is 34.3 Å². The molecule has 0 amide bonds. The summed E-state index contributed by atoms with van der Waals surface area (Å²) in [4.78, 5) is 0.0126. The molecule has 0 radical (unpaired) electrons. The molecule has 0 saturated heterocycles. The van der Waals surface area contributed by atoms with Crippen LogP contribution in [0.4, 0.5) is 13.2 Å². The van der Waals surface area contributed by atoms with Gasteiger partial charge in [0.1, 0.15) is 18.3 Å². The number of ether oxygens (including phenoxy) is 1. The molecule has 1 atom stereocenters. The van der Waals surface area contributed by atoms with Crippen molar-refractivity contribution in [1.82, 2.24) is 0 Å². The summed E-state index contributed by atoms with van der Waals surface area (Å²) >= 11 is 0. The average molecular weight is 326 g/mol. The van der Waals surface area contributed by atoms with Crippen LogP contribution in [0.5, 0.6) is 5.75 Å². The molecule has 0 heterocycles. The number of halogens is 3. The highest BCUT2D eigenvalue weighted by Crippen LogP contribution is 2.27. The number of nitrogens with zero attached hydrogens (tertiary/aromatic N) is 1. The molecule has 6 nitrogen and oxygen atoms in total. The SMILES string of the molecule is CS(=O)(=O)c1ccc(OCC(/C(N)=N/O)C(F)(F)F)cc1. The Morgan fingerprint density at radius 3 is 2.29 bits per heavy atom. The van der Waals surface area contributed by atoms with E-state index in [1.54, 1.807) is 0 Å². The van der Waals surface area contributed by atoms with Gasteiger partial charge in [0.2, 0.25) is 0 Å². The lowest BCUT2D eigenvalue weighted by Crippen LogP contribution is -2.40. The smallest absolute Gasteiger partial charge is 0.402 e. The predicted molar refractivity (Wildman–Crippen MR) is 68.0 cm³/mol. The fraction of sp³-hybridized carbons (Fsp3) is 0.364. The van der Waals surface area contributed by atoms with E-state index in [1.165, 1.54) is 24.3 Å². The molecule has 118 valence electrons. The van der Waals surface area contributed by atoms with E-state index in [0.717, 1.165) is 6.26 Å². The minimum atomic E-state index is -4.73. The maximum Gasteiger partial charge on any atom is 0.402 e. The van der Waals surface area contributed by atoms with E-state index >= 15 is 0 Å². The molecule has 0 aliphatic rings. The van der Waals surface area contributed by atoms with Crippen LogP contribution in [0, 0.1) is 5.92 Å². The van der Waals surface area contributed by atoms with Crippen LogP contribution in [0.3, 0.4) is 0 Å². The van der Waals surface area contributed by atoms with Crippen molar-refractivity contribution in [1.29, 1.82) is 0 Å². The highest BCUT2D eigenvalue weighted by molar-refractivity contribution is 7.90. The summed E-state index contributed by atoms with van der Waals surface area (Å²) in [6.07, 6.45) is -3.73. The molecule has 0 spiro atoms. The number of amidine groups is 1. The molecular weight excluding hydrogens is 313 g/mol. The summed E-state index contributed by atoms with van der Waals surface area (Å²) in [5, 5.41) is 10.7. The molecular formula is C11H13F3N2O4S. The molecule has 21 heavy (non-hydrogen) atoms. The predicted octanol–water partition coefficient (Wildman–Crippen LogP) is 1.39. The van der Waals surface area contributed by atoms with E-state index in [9.17, 15) is 21.6 Å². The van der Waals surface area contributed by atoms with Crippen molar-refractivity contribution in [3.63, 3.8) is 0 Å². The maximum atomic E-state index is 12.6. The number of oxime groups is 1. The van der Waals surface area contributed by atoms with Crippen LogP contribution in [-0.4, -0.2) is 38.5 Å². The Balaban J connectivity index is 2.82. The Morgan fingerprint density at radius 2 is 1.90 bits per heavy atom. The fourth-order valence-corrected chi connectivity index (χ4v) is 2.01. The summed E-state index contributed by atoms with van der Waals surface area (Å²) < 4.78 is 65.3. The van der Waals surface area contributed by atoms with Crippen molar-refractivity contribution in [2.24, 2.45) is 16.8 Å². The Bertz CT molecular complexity index is 611. The second-order valence-corrected chi connectivity index (χ2v) is 6.19. The number of nitrogens with two attached hydrogens (primary N) is 1. The first-order valence-electron chi connectivity index (χ1n) is 5.52. The molecule has 0 aliphatic carbocycles. The van der Waals surface area contributed by atoms with Crippen LogP contribution >= 0.6 is 0 Å². The molecule has 0 saturated carbocycles. The lowest BCUT2D eigenvalue weighted by molar-refractivity contribution is -0.162. The van der Waals surface area contributed by atoms with Crippen LogP contribution in [-0.2, 0) is 9.84 Å². The molecule has 10 heteroatoms. The normalized spacial score (nSPS) is 14.8. The number of hydrogen-bond donors (Lipinski definition) is 2. The summed E-state index contributed by atoms with van der Waals surface area (Å²) in [7, 11) is -3.40. The van der Waals surface area contributed by atoms with Gasteiger partial charge in [-0.05, 0) is 24.3 Å². The van der Waals surface area contributed by atoms with Gasteiger partial charge in [-0.25, -0.2) is 8.42 Å². The van der Waals surface area contributed by atoms with Crippen LogP contribution in [0.1, 0.15) is 0 Å². The molecule has 3 N–H and O–H groups in total. The second-order valence-electron chi connectivity index (χ2n) is 4.17. The first-order valence-corrected chi connectivity index (χ1v) is 7.42. The number of sulfone groups is 1. The Hall–Kier alpha value is -1.97. The zero-order valence-electron chi connectivity index (χ0n) is 10.8. The number of benzene rings is 1. The van der Waals surface area contributed by atoms with Gasteiger partial charge >= 0.3 is 6.18 Å². The van der Waals surface area contributed by atoms with Gasteiger partial charge in [-0.15, -0.1) is 0 Å². The van der Waals surface area contributed by atoms with Gasteiger partial charge < -0.3 is 15.7 Å². The molecule has 0 fully saturated rings. The summed E-state index contributed by atoms with van der Waals surface area (Å²) in [6.45, 7) is -0.891. The molecule has 0 aliphatic heterocycles. The third-order valence-corrected chi connectivity index (χ3v) is 3.66. The van der Waals surface area contributed by atoms with Gasteiger partial charge in [-0.1, -0.05) is 5.16 Å². The molecule has 0 bridgehead atoms. The van der Waals surface area contributed by atoms with Crippen molar-refractivity contribution in [3.8, 4) is 5.75 Å². The van der Waals surface area contributed by atoms with Gasteiger partial charge in [0.15, 0.2) is 15.7 Å². The van der Waals surface area contributed by atoms with Gasteiger partial charge in [0.25, 0.3) is 0 Å². The Morgan fingerprint density at radius 1 is 1.38 bits per heavy atom. The van der Waals surface area contributed by atoms with Gasteiger partial charge in [-0.2, -0.15) is 13.2 Å². The van der Waals surface area contributed by atoms with E-state index in [2.05, 4.69) is 5.16 Å². The highest BCUT2D eigenvalue weighted by atomic mass is 32.2. The molecule has 0 aromatic heterocycles. The van der Waals surface area contributed by atoms with E-state index in [4.69, 9.17) is 15.7 Å².